The maximum atomic E-state index is 6.20. The highest BCUT2D eigenvalue weighted by Crippen LogP contribution is 2.30. The Morgan fingerprint density at radius 1 is 1.11 bits per heavy atom. The van der Waals surface area contributed by atoms with E-state index in [2.05, 4.69) is 15.1 Å². The minimum Gasteiger partial charge on any atom is -0.383 e. The van der Waals surface area contributed by atoms with Crippen molar-refractivity contribution in [2.75, 3.05) is 5.73 Å². The lowest BCUT2D eigenvalue weighted by atomic mass is 10.1. The first-order valence-electron chi connectivity index (χ1n) is 5.94. The number of rotatable bonds is 2. The van der Waals surface area contributed by atoms with Crippen LogP contribution in [-0.4, -0.2) is 19.7 Å². The lowest BCUT2D eigenvalue weighted by Gasteiger charge is -2.03. The van der Waals surface area contributed by atoms with Crippen LogP contribution in [0.5, 0.6) is 0 Å². The van der Waals surface area contributed by atoms with Crippen molar-refractivity contribution in [3.63, 3.8) is 0 Å². The molecule has 0 unspecified atom stereocenters. The van der Waals surface area contributed by atoms with Crippen LogP contribution in [0.25, 0.3) is 16.9 Å². The molecule has 3 aromatic rings. The highest BCUT2D eigenvalue weighted by molar-refractivity contribution is 5.77. The van der Waals surface area contributed by atoms with Gasteiger partial charge < -0.3 is 5.73 Å². The second kappa shape index (κ2) is 4.53. The molecule has 5 heteroatoms. The number of nitrogen functional groups attached to an aromatic ring is 1. The van der Waals surface area contributed by atoms with Gasteiger partial charge in [-0.05, 0) is 12.5 Å². The minimum absolute atomic E-state index is 0.573. The molecule has 0 radical (unpaired) electrons. The van der Waals surface area contributed by atoms with Gasteiger partial charge in [0, 0.05) is 18.0 Å². The number of nitrogens with two attached hydrogens (primary N) is 1. The third kappa shape index (κ3) is 1.95. The topological polar surface area (TPSA) is 69.6 Å². The van der Waals surface area contributed by atoms with Crippen molar-refractivity contribution in [3.05, 3.63) is 54.6 Å². The van der Waals surface area contributed by atoms with E-state index in [4.69, 9.17) is 5.73 Å². The number of hydrogen-bond donors (Lipinski definition) is 1. The van der Waals surface area contributed by atoms with E-state index >= 15 is 0 Å². The monoisotopic (exact) mass is 251 g/mol. The molecule has 2 aromatic heterocycles. The first kappa shape index (κ1) is 11.4. The Morgan fingerprint density at radius 2 is 1.89 bits per heavy atom. The molecule has 0 bridgehead atoms. The van der Waals surface area contributed by atoms with Gasteiger partial charge in [-0.25, -0.2) is 4.98 Å². The fourth-order valence-electron chi connectivity index (χ4n) is 2.08. The lowest BCUT2D eigenvalue weighted by molar-refractivity contribution is 0.833. The van der Waals surface area contributed by atoms with Crippen LogP contribution in [0.1, 0.15) is 5.69 Å². The van der Waals surface area contributed by atoms with Gasteiger partial charge >= 0.3 is 0 Å². The molecule has 0 aliphatic rings. The van der Waals surface area contributed by atoms with Crippen molar-refractivity contribution < 1.29 is 0 Å². The Hall–Kier alpha value is -2.69. The van der Waals surface area contributed by atoms with Gasteiger partial charge in [-0.15, -0.1) is 0 Å². The van der Waals surface area contributed by atoms with E-state index in [1.54, 1.807) is 23.3 Å². The van der Waals surface area contributed by atoms with E-state index in [9.17, 15) is 0 Å². The Labute approximate surface area is 110 Å². The average Bonchev–Trinajstić information content (AvgIpc) is 2.76. The number of aromatic nitrogens is 4. The van der Waals surface area contributed by atoms with E-state index in [1.807, 2.05) is 37.3 Å². The van der Waals surface area contributed by atoms with Gasteiger partial charge in [-0.2, -0.15) is 9.78 Å². The largest absolute Gasteiger partial charge is 0.383 e. The number of hydrogen-bond acceptors (Lipinski definition) is 4. The van der Waals surface area contributed by atoms with Gasteiger partial charge in [0.05, 0.1) is 11.9 Å². The Bertz CT molecular complexity index is 689. The predicted octanol–water partition coefficient (Wildman–Crippen LogP) is 2.22. The summed E-state index contributed by atoms with van der Waals surface area (Å²) < 4.78 is 1.62. The molecule has 0 saturated heterocycles. The van der Waals surface area contributed by atoms with Crippen LogP contribution >= 0.6 is 0 Å². The summed E-state index contributed by atoms with van der Waals surface area (Å²) in [5.74, 6) is 1.19. The van der Waals surface area contributed by atoms with Crippen LogP contribution in [0.2, 0.25) is 0 Å². The van der Waals surface area contributed by atoms with Crippen LogP contribution in [0.4, 0.5) is 5.82 Å². The molecular formula is C14H13N5. The fourth-order valence-corrected chi connectivity index (χ4v) is 2.08. The van der Waals surface area contributed by atoms with Crippen LogP contribution in [-0.2, 0) is 0 Å². The van der Waals surface area contributed by atoms with Crippen molar-refractivity contribution >= 4 is 5.82 Å². The summed E-state index contributed by atoms with van der Waals surface area (Å²) in [5, 5.41) is 4.45. The zero-order chi connectivity index (χ0) is 13.2. The van der Waals surface area contributed by atoms with Gasteiger partial charge in [0.15, 0.2) is 5.82 Å². The quantitative estimate of drug-likeness (QED) is 0.758. The van der Waals surface area contributed by atoms with Gasteiger partial charge in [0.1, 0.15) is 5.82 Å². The molecule has 2 heterocycles. The lowest BCUT2D eigenvalue weighted by Crippen LogP contribution is -2.04. The van der Waals surface area contributed by atoms with E-state index in [-0.39, 0.29) is 0 Å². The molecule has 3 rings (SSSR count). The average molecular weight is 251 g/mol. The Morgan fingerprint density at radius 3 is 2.58 bits per heavy atom. The van der Waals surface area contributed by atoms with Crippen molar-refractivity contribution in [1.29, 1.82) is 0 Å². The molecule has 94 valence electrons. The third-order valence-electron chi connectivity index (χ3n) is 2.93. The second-order valence-electron chi connectivity index (χ2n) is 4.19. The first-order valence-corrected chi connectivity index (χ1v) is 5.94. The highest BCUT2D eigenvalue weighted by atomic mass is 15.3. The van der Waals surface area contributed by atoms with Crippen LogP contribution in [0.3, 0.4) is 0 Å². The Balaban J connectivity index is 2.17. The third-order valence-corrected chi connectivity index (χ3v) is 2.93. The standard InChI is InChI=1S/C14H13N5/c1-10-13(11-5-3-2-4-6-11)14(15)19(18-10)12-9-16-7-8-17-12/h2-9H,15H2,1H3. The van der Waals surface area contributed by atoms with E-state index in [0.717, 1.165) is 16.8 Å². The smallest absolute Gasteiger partial charge is 0.174 e. The van der Waals surface area contributed by atoms with Gasteiger partial charge in [-0.1, -0.05) is 30.3 Å². The van der Waals surface area contributed by atoms with Crippen molar-refractivity contribution in [2.45, 2.75) is 6.92 Å². The molecule has 0 spiro atoms. The van der Waals surface area contributed by atoms with Crippen molar-refractivity contribution in [2.24, 2.45) is 0 Å². The second-order valence-corrected chi connectivity index (χ2v) is 4.19. The number of aryl methyl sites for hydroxylation is 1. The summed E-state index contributed by atoms with van der Waals surface area (Å²) in [6, 6.07) is 9.96. The van der Waals surface area contributed by atoms with Gasteiger partial charge in [0.25, 0.3) is 0 Å². The summed E-state index contributed by atoms with van der Waals surface area (Å²) in [5.41, 5.74) is 9.06. The summed E-state index contributed by atoms with van der Waals surface area (Å²) in [7, 11) is 0. The van der Waals surface area contributed by atoms with E-state index in [0.29, 0.717) is 11.6 Å². The zero-order valence-electron chi connectivity index (χ0n) is 10.5. The molecule has 0 fully saturated rings. The fraction of sp³-hybridized carbons (Fsp3) is 0.0714. The maximum absolute atomic E-state index is 6.20. The molecule has 0 aliphatic carbocycles. The summed E-state index contributed by atoms with van der Waals surface area (Å²) in [4.78, 5) is 8.25. The number of benzene rings is 1. The molecule has 2 N–H and O–H groups in total. The van der Waals surface area contributed by atoms with Crippen LogP contribution in [0.15, 0.2) is 48.9 Å². The highest BCUT2D eigenvalue weighted by Gasteiger charge is 2.15. The van der Waals surface area contributed by atoms with E-state index in [1.165, 1.54) is 0 Å². The first-order chi connectivity index (χ1) is 9.27. The van der Waals surface area contributed by atoms with Gasteiger partial charge in [-0.3, -0.25) is 4.98 Å². The number of nitrogens with zero attached hydrogens (tertiary/aromatic N) is 4. The van der Waals surface area contributed by atoms with Crippen LogP contribution < -0.4 is 5.73 Å². The molecule has 0 saturated carbocycles. The van der Waals surface area contributed by atoms with Crippen molar-refractivity contribution in [1.82, 2.24) is 19.7 Å². The summed E-state index contributed by atoms with van der Waals surface area (Å²) >= 11 is 0. The summed E-state index contributed by atoms with van der Waals surface area (Å²) in [6.45, 7) is 1.94. The molecule has 5 nitrogen and oxygen atoms in total. The molecule has 0 aliphatic heterocycles. The van der Waals surface area contributed by atoms with E-state index < -0.39 is 0 Å². The summed E-state index contributed by atoms with van der Waals surface area (Å²) in [6.07, 6.45) is 4.87. The normalized spacial score (nSPS) is 10.6. The maximum Gasteiger partial charge on any atom is 0.174 e. The molecule has 0 amide bonds. The van der Waals surface area contributed by atoms with Crippen molar-refractivity contribution in [3.8, 4) is 16.9 Å². The minimum atomic E-state index is 0.573. The SMILES string of the molecule is Cc1nn(-c2cnccn2)c(N)c1-c1ccccc1. The zero-order valence-corrected chi connectivity index (χ0v) is 10.5. The Kier molecular flexibility index (Phi) is 2.72. The molecule has 19 heavy (non-hydrogen) atoms. The number of anilines is 1. The van der Waals surface area contributed by atoms with Crippen LogP contribution in [0, 0.1) is 6.92 Å². The molecular weight excluding hydrogens is 238 g/mol. The molecule has 1 aromatic carbocycles. The predicted molar refractivity (Wildman–Crippen MR) is 73.7 cm³/mol. The molecule has 0 atom stereocenters. The van der Waals surface area contributed by atoms with Gasteiger partial charge in [0.2, 0.25) is 0 Å².